The van der Waals surface area contributed by atoms with Crippen LogP contribution in [0, 0.1) is 63.2 Å². The Morgan fingerprint density at radius 1 is 0.286 bits per heavy atom. The summed E-state index contributed by atoms with van der Waals surface area (Å²) < 4.78 is 60.0. The minimum atomic E-state index is -1.38. The molecular formula is C93H136N5+5. The average molecular weight is 1330 g/mol. The van der Waals surface area contributed by atoms with Crippen LogP contribution >= 0.6 is 0 Å². The SMILES string of the molecule is C.C.C.C.C.Cc1ccccc1-c1cc(CC(C)(C)C)cc[n+]1C.Cc1ccccc1-c1ccc(CC(C)(C)C)c[n+]1C.[2H]C([2H])(C)c1c[n+](C)c(-c2ccccc2C)cc1C.[2H]C([2H])(c1cc[n+](C)c(-c2ccccc2C)c1)C(C)(C)C.[2H]C([2H])(c1ccc(-c2ccccc2C)[n+](C)c1)C(C)(C)C. The molecule has 0 radical (unpaired) electrons. The quantitative estimate of drug-likeness (QED) is 0.122. The van der Waals surface area contributed by atoms with Gasteiger partial charge in [0.15, 0.2) is 31.0 Å². The van der Waals surface area contributed by atoms with Crippen LogP contribution in [-0.4, -0.2) is 0 Å². The van der Waals surface area contributed by atoms with Gasteiger partial charge in [0.2, 0.25) is 28.5 Å². The van der Waals surface area contributed by atoms with Gasteiger partial charge in [-0.2, -0.15) is 0 Å². The number of aromatic nitrogens is 5. The molecule has 0 atom stereocenters. The molecule has 528 valence electrons. The van der Waals surface area contributed by atoms with Crippen molar-refractivity contribution in [3.8, 4) is 56.3 Å². The predicted octanol–water partition coefficient (Wildman–Crippen LogP) is 22.8. The van der Waals surface area contributed by atoms with Crippen LogP contribution in [0.4, 0.5) is 0 Å². The van der Waals surface area contributed by atoms with Crippen molar-refractivity contribution >= 4 is 0 Å². The lowest BCUT2D eigenvalue weighted by Crippen LogP contribution is -2.32. The second kappa shape index (κ2) is 38.9. The summed E-state index contributed by atoms with van der Waals surface area (Å²) in [7, 11) is 10.2. The number of benzene rings is 5. The van der Waals surface area contributed by atoms with Gasteiger partial charge in [-0.25, -0.2) is 22.8 Å². The third-order valence-electron chi connectivity index (χ3n) is 16.1. The van der Waals surface area contributed by atoms with Crippen molar-refractivity contribution in [2.24, 2.45) is 56.9 Å². The lowest BCUT2D eigenvalue weighted by Gasteiger charge is -2.18. The molecule has 10 rings (SSSR count). The van der Waals surface area contributed by atoms with Gasteiger partial charge in [0.1, 0.15) is 35.2 Å². The fourth-order valence-electron chi connectivity index (χ4n) is 11.6. The smallest absolute Gasteiger partial charge is 0.201 e. The van der Waals surface area contributed by atoms with Gasteiger partial charge in [-0.3, -0.25) is 0 Å². The van der Waals surface area contributed by atoms with Gasteiger partial charge < -0.3 is 0 Å². The van der Waals surface area contributed by atoms with Crippen LogP contribution in [-0.2, 0) is 67.2 Å². The van der Waals surface area contributed by atoms with Crippen LogP contribution in [0.2, 0.25) is 0 Å². The van der Waals surface area contributed by atoms with Gasteiger partial charge in [0, 0.05) is 95.2 Å². The highest BCUT2D eigenvalue weighted by atomic mass is 14.9. The standard InChI is InChI=1S/4C18H24N.C16H20N.5CH4/c2*1-14-8-6-7-9-16(14)17-12-15(10-11-19(17)5)13-18(2,3)4;2*1-14-8-6-7-9-16(14)17-11-10-15(13-19(17)5)12-18(2,3)4;1-5-14-11-17(4)16(10-13(14)3)15-9-7-6-8-12(15)2;;;;;/h2*6-12H,13H2,1-5H3;2*6-11,13H,12H2,1-5H3;6-11H,5H2,1-4H3;5*1H4/q5*+1;;;;;/i13D2;;12D2;;5D2;;;;;. The number of hydrogen-bond donors (Lipinski definition) is 0. The van der Waals surface area contributed by atoms with E-state index in [2.05, 4.69) is 227 Å². The maximum absolute atomic E-state index is 8.46. The Morgan fingerprint density at radius 3 is 0.908 bits per heavy atom. The van der Waals surface area contributed by atoms with Crippen molar-refractivity contribution in [1.29, 1.82) is 0 Å². The second-order valence-electron chi connectivity index (χ2n) is 29.8. The van der Waals surface area contributed by atoms with E-state index in [1.54, 1.807) is 6.92 Å². The fraction of sp³-hybridized carbons (Fsp3) is 0.409. The zero-order chi connectivity index (χ0) is 74.0. The Kier molecular flexibility index (Phi) is 30.6. The molecule has 10 aromatic rings. The molecule has 0 N–H and O–H groups in total. The Bertz CT molecular complexity index is 4380. The van der Waals surface area contributed by atoms with Crippen molar-refractivity contribution in [2.45, 2.75) is 201 Å². The van der Waals surface area contributed by atoms with Crippen molar-refractivity contribution in [3.05, 3.63) is 268 Å². The molecule has 5 heteroatoms. The summed E-state index contributed by atoms with van der Waals surface area (Å²) in [6.07, 6.45) is 8.34. The number of nitrogens with zero attached hydrogens (tertiary/aromatic N) is 5. The molecule has 0 bridgehead atoms. The highest BCUT2D eigenvalue weighted by molar-refractivity contribution is 5.64. The first-order valence-electron chi connectivity index (χ1n) is 36.1. The van der Waals surface area contributed by atoms with Crippen molar-refractivity contribution in [3.63, 3.8) is 0 Å². The molecule has 0 aliphatic rings. The van der Waals surface area contributed by atoms with E-state index in [0.717, 1.165) is 57.7 Å². The largest absolute Gasteiger partial charge is 0.212 e. The maximum Gasteiger partial charge on any atom is 0.212 e. The van der Waals surface area contributed by atoms with Gasteiger partial charge in [-0.1, -0.05) is 218 Å². The first-order valence-corrected chi connectivity index (χ1v) is 33.1. The molecule has 0 amide bonds. The molecule has 0 saturated carbocycles. The molecule has 5 aromatic heterocycles. The van der Waals surface area contributed by atoms with Gasteiger partial charge in [-0.05, 0) is 182 Å². The predicted molar refractivity (Wildman–Crippen MR) is 429 cm³/mol. The van der Waals surface area contributed by atoms with E-state index in [0.29, 0.717) is 10.8 Å². The minimum absolute atomic E-state index is 0. The fourth-order valence-corrected chi connectivity index (χ4v) is 11.6. The molecule has 98 heavy (non-hydrogen) atoms. The first kappa shape index (κ1) is 77.2. The monoisotopic (exact) mass is 1330 g/mol. The Morgan fingerprint density at radius 2 is 0.571 bits per heavy atom. The molecule has 5 heterocycles. The van der Waals surface area contributed by atoms with Crippen molar-refractivity contribution in [2.75, 3.05) is 0 Å². The molecule has 0 aliphatic carbocycles. The molecule has 5 nitrogen and oxygen atoms in total. The third kappa shape index (κ3) is 26.9. The van der Waals surface area contributed by atoms with Gasteiger partial charge in [0.05, 0.1) is 0 Å². The Hall–Kier alpha value is -8.15. The van der Waals surface area contributed by atoms with E-state index in [4.69, 9.17) is 8.22 Å². The Balaban J connectivity index is 0.000000643. The molecular weight excluding hydrogens is 1190 g/mol. The summed E-state index contributed by atoms with van der Waals surface area (Å²) in [5.74, 6) is 0. The third-order valence-corrected chi connectivity index (χ3v) is 16.1. The van der Waals surface area contributed by atoms with E-state index < -0.39 is 29.9 Å². The van der Waals surface area contributed by atoms with Gasteiger partial charge in [-0.15, -0.1) is 0 Å². The van der Waals surface area contributed by atoms with Crippen LogP contribution in [0.15, 0.2) is 207 Å². The summed E-state index contributed by atoms with van der Waals surface area (Å²) >= 11 is 0. The topological polar surface area (TPSA) is 19.4 Å². The first-order chi connectivity index (χ1) is 45.8. The van der Waals surface area contributed by atoms with Crippen LogP contribution in [0.3, 0.4) is 0 Å². The van der Waals surface area contributed by atoms with Crippen LogP contribution < -0.4 is 22.8 Å². The number of aryl methyl sites for hydroxylation is 12. The maximum atomic E-state index is 8.46. The molecule has 0 fully saturated rings. The summed E-state index contributed by atoms with van der Waals surface area (Å²) in [6.45, 7) is 39.5. The summed E-state index contributed by atoms with van der Waals surface area (Å²) in [6, 6.07) is 60.8. The number of pyridine rings is 5. The zero-order valence-corrected chi connectivity index (χ0v) is 61.3. The number of hydrogen-bond acceptors (Lipinski definition) is 0. The molecule has 0 aliphatic heterocycles. The average Bonchev–Trinajstić information content (AvgIpc) is 0.787. The van der Waals surface area contributed by atoms with Gasteiger partial charge in [0.25, 0.3) is 0 Å². The molecule has 0 saturated heterocycles. The van der Waals surface area contributed by atoms with Crippen LogP contribution in [0.1, 0.15) is 197 Å². The molecule has 0 unspecified atom stereocenters. The second-order valence-corrected chi connectivity index (χ2v) is 29.8. The summed E-state index contributed by atoms with van der Waals surface area (Å²) in [5.41, 5.74) is 24.0. The lowest BCUT2D eigenvalue weighted by atomic mass is 9.88. The van der Waals surface area contributed by atoms with Gasteiger partial charge >= 0.3 is 0 Å². The van der Waals surface area contributed by atoms with Crippen molar-refractivity contribution < 1.29 is 31.1 Å². The zero-order valence-electron chi connectivity index (χ0n) is 67.3. The minimum Gasteiger partial charge on any atom is -0.201 e. The van der Waals surface area contributed by atoms with E-state index in [1.807, 2.05) is 163 Å². The normalized spacial score (nSPS) is 12.2. The van der Waals surface area contributed by atoms with Crippen molar-refractivity contribution in [1.82, 2.24) is 0 Å². The highest BCUT2D eigenvalue weighted by Gasteiger charge is 2.22. The Labute approximate surface area is 609 Å². The highest BCUT2D eigenvalue weighted by Crippen LogP contribution is 2.29. The summed E-state index contributed by atoms with van der Waals surface area (Å²) in [4.78, 5) is 0. The van der Waals surface area contributed by atoms with Crippen LogP contribution in [0.5, 0.6) is 0 Å². The lowest BCUT2D eigenvalue weighted by molar-refractivity contribution is -0.661. The molecule has 5 aromatic carbocycles. The number of rotatable bonds is 10. The van der Waals surface area contributed by atoms with E-state index in [9.17, 15) is 0 Å². The van der Waals surface area contributed by atoms with E-state index in [1.165, 1.54) is 72.6 Å². The van der Waals surface area contributed by atoms with E-state index in [-0.39, 0.29) is 37.1 Å². The van der Waals surface area contributed by atoms with E-state index >= 15 is 0 Å². The van der Waals surface area contributed by atoms with Crippen LogP contribution in [0.25, 0.3) is 56.3 Å². The summed E-state index contributed by atoms with van der Waals surface area (Å²) in [5, 5.41) is 0. The molecule has 0 spiro atoms.